The Labute approximate surface area is 106 Å². The Kier molecular flexibility index (Phi) is 2.98. The zero-order valence-corrected chi connectivity index (χ0v) is 10.4. The second-order valence-electron chi connectivity index (χ2n) is 5.58. The Morgan fingerprint density at radius 1 is 1.11 bits per heavy atom. The number of hydrogen-bond acceptors (Lipinski definition) is 2. The average molecular weight is 252 g/mol. The summed E-state index contributed by atoms with van der Waals surface area (Å²) in [5, 5.41) is 3.44. The Balaban J connectivity index is 1.78. The van der Waals surface area contributed by atoms with Gasteiger partial charge in [-0.2, -0.15) is 0 Å². The Morgan fingerprint density at radius 2 is 1.89 bits per heavy atom. The molecule has 2 aliphatic rings. The van der Waals surface area contributed by atoms with Crippen molar-refractivity contribution in [3.63, 3.8) is 0 Å². The number of anilines is 1. The third-order valence-corrected chi connectivity index (χ3v) is 4.21. The van der Waals surface area contributed by atoms with Crippen LogP contribution in [0.3, 0.4) is 0 Å². The number of rotatable bonds is 1. The molecule has 1 N–H and O–H groups in total. The van der Waals surface area contributed by atoms with Gasteiger partial charge in [0, 0.05) is 36.8 Å². The van der Waals surface area contributed by atoms with Crippen molar-refractivity contribution in [3.05, 3.63) is 29.8 Å². The highest BCUT2D eigenvalue weighted by Crippen LogP contribution is 2.38. The minimum atomic E-state index is -0.493. The van der Waals surface area contributed by atoms with E-state index in [0.717, 1.165) is 38.7 Å². The Bertz CT molecular complexity index is 421. The van der Waals surface area contributed by atoms with Crippen LogP contribution in [0.5, 0.6) is 0 Å². The van der Waals surface area contributed by atoms with Gasteiger partial charge in [-0.05, 0) is 37.9 Å². The number of hydrogen-bond donors (Lipinski definition) is 1. The first-order valence-corrected chi connectivity index (χ1v) is 6.59. The van der Waals surface area contributed by atoms with E-state index in [1.807, 2.05) is 0 Å². The molecule has 0 amide bonds. The normalized spacial score (nSPS) is 28.0. The van der Waals surface area contributed by atoms with Crippen LogP contribution in [0.4, 0.5) is 14.5 Å². The molecule has 4 heteroatoms. The monoisotopic (exact) mass is 252 g/mol. The largest absolute Gasteiger partial charge is 0.371 e. The average Bonchev–Trinajstić information content (AvgIpc) is 2.73. The van der Waals surface area contributed by atoms with Crippen LogP contribution < -0.4 is 10.2 Å². The summed E-state index contributed by atoms with van der Waals surface area (Å²) in [6.45, 7) is 3.92. The van der Waals surface area contributed by atoms with Crippen molar-refractivity contribution in [1.82, 2.24) is 5.32 Å². The van der Waals surface area contributed by atoms with E-state index in [9.17, 15) is 8.78 Å². The number of piperidine rings is 1. The summed E-state index contributed by atoms with van der Waals surface area (Å²) in [6.07, 6.45) is 3.53. The zero-order valence-electron chi connectivity index (χ0n) is 10.4. The minimum absolute atomic E-state index is 0.307. The fourth-order valence-corrected chi connectivity index (χ4v) is 3.26. The van der Waals surface area contributed by atoms with Gasteiger partial charge < -0.3 is 10.2 Å². The van der Waals surface area contributed by atoms with Gasteiger partial charge >= 0.3 is 0 Å². The lowest BCUT2D eigenvalue weighted by atomic mass is 9.80. The maximum Gasteiger partial charge on any atom is 0.128 e. The number of nitrogens with zero attached hydrogens (tertiary/aromatic N) is 1. The van der Waals surface area contributed by atoms with Gasteiger partial charge in [0.25, 0.3) is 0 Å². The molecule has 0 aliphatic carbocycles. The molecule has 1 aromatic carbocycles. The van der Waals surface area contributed by atoms with Crippen molar-refractivity contribution in [1.29, 1.82) is 0 Å². The van der Waals surface area contributed by atoms with Crippen molar-refractivity contribution >= 4 is 5.69 Å². The third-order valence-electron chi connectivity index (χ3n) is 4.21. The van der Waals surface area contributed by atoms with Gasteiger partial charge in [-0.25, -0.2) is 8.78 Å². The van der Waals surface area contributed by atoms with E-state index >= 15 is 0 Å². The second-order valence-corrected chi connectivity index (χ2v) is 5.58. The maximum atomic E-state index is 13.2. The van der Waals surface area contributed by atoms with Crippen LogP contribution in [-0.4, -0.2) is 26.2 Å². The fraction of sp³-hybridized carbons (Fsp3) is 0.571. The summed E-state index contributed by atoms with van der Waals surface area (Å²) in [4.78, 5) is 2.11. The lowest BCUT2D eigenvalue weighted by molar-refractivity contribution is 0.239. The van der Waals surface area contributed by atoms with E-state index in [-0.39, 0.29) is 0 Å². The van der Waals surface area contributed by atoms with Gasteiger partial charge in [0.15, 0.2) is 0 Å². The van der Waals surface area contributed by atoms with Crippen LogP contribution in [0.1, 0.15) is 19.3 Å². The summed E-state index contributed by atoms with van der Waals surface area (Å²) in [5.41, 5.74) is 0.982. The van der Waals surface area contributed by atoms with Gasteiger partial charge in [-0.1, -0.05) is 0 Å². The van der Waals surface area contributed by atoms with Crippen molar-refractivity contribution in [2.24, 2.45) is 5.41 Å². The number of benzene rings is 1. The van der Waals surface area contributed by atoms with Gasteiger partial charge in [0.1, 0.15) is 11.6 Å². The SMILES string of the molecule is Fc1cc(F)cc(N2CCC3(CCCNC3)C2)c1. The van der Waals surface area contributed by atoms with Crippen molar-refractivity contribution in [2.75, 3.05) is 31.1 Å². The summed E-state index contributed by atoms with van der Waals surface area (Å²) < 4.78 is 26.5. The fourth-order valence-electron chi connectivity index (χ4n) is 3.26. The molecule has 2 aliphatic heterocycles. The smallest absolute Gasteiger partial charge is 0.128 e. The van der Waals surface area contributed by atoms with E-state index in [1.54, 1.807) is 0 Å². The predicted molar refractivity (Wildman–Crippen MR) is 67.7 cm³/mol. The van der Waals surface area contributed by atoms with Crippen LogP contribution in [0.2, 0.25) is 0 Å². The molecule has 0 radical (unpaired) electrons. The predicted octanol–water partition coefficient (Wildman–Crippen LogP) is 2.54. The highest BCUT2D eigenvalue weighted by atomic mass is 19.1. The lowest BCUT2D eigenvalue weighted by Gasteiger charge is -2.34. The molecule has 2 nitrogen and oxygen atoms in total. The van der Waals surface area contributed by atoms with Crippen LogP contribution >= 0.6 is 0 Å². The van der Waals surface area contributed by atoms with Gasteiger partial charge in [-0.15, -0.1) is 0 Å². The summed E-state index contributed by atoms with van der Waals surface area (Å²) in [6, 6.07) is 3.79. The summed E-state index contributed by atoms with van der Waals surface area (Å²) >= 11 is 0. The van der Waals surface area contributed by atoms with E-state index in [1.165, 1.54) is 25.0 Å². The molecule has 0 aromatic heterocycles. The highest BCUT2D eigenvalue weighted by Gasteiger charge is 2.39. The molecule has 18 heavy (non-hydrogen) atoms. The third kappa shape index (κ3) is 2.21. The van der Waals surface area contributed by atoms with E-state index < -0.39 is 11.6 Å². The van der Waals surface area contributed by atoms with Crippen molar-refractivity contribution in [3.8, 4) is 0 Å². The molecular formula is C14H18F2N2. The van der Waals surface area contributed by atoms with Gasteiger partial charge in [0.2, 0.25) is 0 Å². The molecule has 3 rings (SSSR count). The maximum absolute atomic E-state index is 13.2. The van der Waals surface area contributed by atoms with Crippen LogP contribution in [0.25, 0.3) is 0 Å². The molecule has 0 saturated carbocycles. The summed E-state index contributed by atoms with van der Waals surface area (Å²) in [7, 11) is 0. The zero-order chi connectivity index (χ0) is 12.6. The van der Waals surface area contributed by atoms with Crippen LogP contribution in [-0.2, 0) is 0 Å². The van der Waals surface area contributed by atoms with Gasteiger partial charge in [0.05, 0.1) is 0 Å². The molecule has 1 atom stereocenters. The Hall–Kier alpha value is -1.16. The molecule has 1 unspecified atom stereocenters. The standard InChI is InChI=1S/C14H18F2N2/c15-11-6-12(16)8-13(7-11)18-5-3-14(10-18)2-1-4-17-9-14/h6-8,17H,1-5,9-10H2. The topological polar surface area (TPSA) is 15.3 Å². The number of nitrogens with one attached hydrogen (secondary N) is 1. The first-order valence-electron chi connectivity index (χ1n) is 6.59. The highest BCUT2D eigenvalue weighted by molar-refractivity contribution is 5.48. The van der Waals surface area contributed by atoms with Crippen molar-refractivity contribution < 1.29 is 8.78 Å². The lowest BCUT2D eigenvalue weighted by Crippen LogP contribution is -2.41. The molecule has 2 fully saturated rings. The molecular weight excluding hydrogens is 234 g/mol. The van der Waals surface area contributed by atoms with E-state index in [2.05, 4.69) is 10.2 Å². The Morgan fingerprint density at radius 3 is 2.56 bits per heavy atom. The first-order chi connectivity index (χ1) is 8.67. The molecule has 0 bridgehead atoms. The van der Waals surface area contributed by atoms with E-state index in [0.29, 0.717) is 11.1 Å². The first kappa shape index (κ1) is 11.9. The van der Waals surface area contributed by atoms with Crippen molar-refractivity contribution in [2.45, 2.75) is 19.3 Å². The van der Waals surface area contributed by atoms with Crippen LogP contribution in [0.15, 0.2) is 18.2 Å². The molecule has 98 valence electrons. The number of halogens is 2. The van der Waals surface area contributed by atoms with Gasteiger partial charge in [-0.3, -0.25) is 0 Å². The minimum Gasteiger partial charge on any atom is -0.371 e. The summed E-state index contributed by atoms with van der Waals surface area (Å²) in [5.74, 6) is -0.986. The van der Waals surface area contributed by atoms with E-state index in [4.69, 9.17) is 0 Å². The van der Waals surface area contributed by atoms with Crippen LogP contribution in [0, 0.1) is 17.0 Å². The quantitative estimate of drug-likeness (QED) is 0.826. The molecule has 2 heterocycles. The molecule has 1 aromatic rings. The molecule has 2 saturated heterocycles. The second kappa shape index (κ2) is 4.50. The molecule has 1 spiro atoms.